The summed E-state index contributed by atoms with van der Waals surface area (Å²) < 4.78 is 5.87. The summed E-state index contributed by atoms with van der Waals surface area (Å²) in [5, 5.41) is 3.04. The minimum atomic E-state index is 0.0373. The van der Waals surface area contributed by atoms with Crippen LogP contribution in [0.15, 0.2) is 54.9 Å². The van der Waals surface area contributed by atoms with Crippen LogP contribution in [0, 0.1) is 5.41 Å². The van der Waals surface area contributed by atoms with E-state index in [-0.39, 0.29) is 11.4 Å². The summed E-state index contributed by atoms with van der Waals surface area (Å²) in [6, 6.07) is 13.9. The summed E-state index contributed by atoms with van der Waals surface area (Å²) in [4.78, 5) is 21.2. The van der Waals surface area contributed by atoms with Gasteiger partial charge in [0, 0.05) is 50.5 Å². The Morgan fingerprint density at radius 1 is 1.10 bits per heavy atom. The number of piperidine rings is 1. The van der Waals surface area contributed by atoms with Gasteiger partial charge in [0.15, 0.2) is 0 Å². The van der Waals surface area contributed by atoms with Crippen LogP contribution in [0.25, 0.3) is 0 Å². The number of nitrogens with one attached hydrogen (secondary N) is 1. The smallest absolute Gasteiger partial charge is 0.317 e. The lowest BCUT2D eigenvalue weighted by Crippen LogP contribution is -2.47. The molecule has 2 aliphatic heterocycles. The molecule has 3 heterocycles. The molecule has 154 valence electrons. The number of nitrogens with zero attached hydrogens (tertiary/aromatic N) is 3. The van der Waals surface area contributed by atoms with E-state index in [1.165, 1.54) is 12.8 Å². The third-order valence-electron chi connectivity index (χ3n) is 6.05. The number of likely N-dealkylation sites (tertiary alicyclic amines) is 2. The number of benzene rings is 1. The van der Waals surface area contributed by atoms with Crippen molar-refractivity contribution in [2.24, 2.45) is 5.41 Å². The van der Waals surface area contributed by atoms with Crippen LogP contribution in [-0.2, 0) is 6.54 Å². The lowest BCUT2D eigenvalue weighted by molar-refractivity contribution is 0.0833. The van der Waals surface area contributed by atoms with E-state index in [2.05, 4.69) is 15.2 Å². The van der Waals surface area contributed by atoms with Gasteiger partial charge in [-0.05, 0) is 49.6 Å². The van der Waals surface area contributed by atoms with Crippen molar-refractivity contribution in [1.29, 1.82) is 0 Å². The molecule has 6 nitrogen and oxygen atoms in total. The second-order valence-electron chi connectivity index (χ2n) is 8.23. The molecule has 1 spiro atoms. The van der Waals surface area contributed by atoms with Crippen molar-refractivity contribution in [3.05, 3.63) is 60.4 Å². The first kappa shape index (κ1) is 19.7. The summed E-state index contributed by atoms with van der Waals surface area (Å²) >= 11 is 0. The molecule has 4 rings (SSSR count). The van der Waals surface area contributed by atoms with Crippen molar-refractivity contribution < 1.29 is 9.53 Å². The third kappa shape index (κ3) is 5.26. The van der Waals surface area contributed by atoms with Crippen molar-refractivity contribution in [1.82, 2.24) is 20.1 Å². The topological polar surface area (TPSA) is 57.7 Å². The van der Waals surface area contributed by atoms with Gasteiger partial charge in [-0.15, -0.1) is 0 Å². The van der Waals surface area contributed by atoms with Gasteiger partial charge in [0.1, 0.15) is 12.4 Å². The molecule has 1 unspecified atom stereocenters. The van der Waals surface area contributed by atoms with Crippen molar-refractivity contribution >= 4 is 6.03 Å². The fourth-order valence-corrected chi connectivity index (χ4v) is 4.54. The average molecular weight is 395 g/mol. The molecule has 2 amide bonds. The number of pyridine rings is 1. The number of carbonyl (C=O) groups excluding carboxylic acids is 1. The summed E-state index contributed by atoms with van der Waals surface area (Å²) in [6.45, 7) is 6.03. The molecular weight excluding hydrogens is 364 g/mol. The van der Waals surface area contributed by atoms with E-state index < -0.39 is 0 Å². The Morgan fingerprint density at radius 2 is 2.00 bits per heavy atom. The number of para-hydroxylation sites is 1. The molecule has 0 saturated carbocycles. The van der Waals surface area contributed by atoms with E-state index in [4.69, 9.17) is 4.74 Å². The summed E-state index contributed by atoms with van der Waals surface area (Å²) in [6.07, 6.45) is 7.02. The van der Waals surface area contributed by atoms with Gasteiger partial charge in [-0.1, -0.05) is 24.3 Å². The zero-order valence-electron chi connectivity index (χ0n) is 16.9. The second-order valence-corrected chi connectivity index (χ2v) is 8.23. The SMILES string of the molecule is O=C(NCc1cccnc1)N1CCC2(CCCN(CCOc3ccccc3)C2)C1. The Hall–Kier alpha value is -2.60. The van der Waals surface area contributed by atoms with Crippen LogP contribution in [0.2, 0.25) is 0 Å². The number of rotatable bonds is 6. The van der Waals surface area contributed by atoms with Crippen LogP contribution in [-0.4, -0.2) is 60.1 Å². The average Bonchev–Trinajstić information content (AvgIpc) is 3.17. The van der Waals surface area contributed by atoms with Crippen molar-refractivity contribution in [2.75, 3.05) is 39.3 Å². The Morgan fingerprint density at radius 3 is 2.83 bits per heavy atom. The molecule has 2 aromatic rings. The molecule has 2 saturated heterocycles. The van der Waals surface area contributed by atoms with E-state index in [0.29, 0.717) is 13.2 Å². The van der Waals surface area contributed by atoms with E-state index in [1.807, 2.05) is 47.4 Å². The molecule has 2 aliphatic rings. The van der Waals surface area contributed by atoms with Gasteiger partial charge in [-0.25, -0.2) is 4.79 Å². The standard InChI is InChI=1S/C23H30N4O2/c28-22(25-17-20-6-4-11-24-16-20)27-13-10-23(19-27)9-5-12-26(18-23)14-15-29-21-7-2-1-3-8-21/h1-4,6-8,11,16H,5,9-10,12-15,17-19H2,(H,25,28). The number of carbonyl (C=O) groups is 1. The highest BCUT2D eigenvalue weighted by atomic mass is 16.5. The number of hydrogen-bond donors (Lipinski definition) is 1. The monoisotopic (exact) mass is 394 g/mol. The van der Waals surface area contributed by atoms with Gasteiger partial charge in [0.2, 0.25) is 0 Å². The first-order valence-electron chi connectivity index (χ1n) is 10.5. The van der Waals surface area contributed by atoms with Crippen LogP contribution in [0.1, 0.15) is 24.8 Å². The second kappa shape index (κ2) is 9.27. The first-order valence-corrected chi connectivity index (χ1v) is 10.5. The summed E-state index contributed by atoms with van der Waals surface area (Å²) in [5.74, 6) is 0.927. The van der Waals surface area contributed by atoms with Crippen LogP contribution in [0.5, 0.6) is 5.75 Å². The highest BCUT2D eigenvalue weighted by molar-refractivity contribution is 5.74. The number of urea groups is 1. The Balaban J connectivity index is 1.23. The Kier molecular flexibility index (Phi) is 6.30. The van der Waals surface area contributed by atoms with Gasteiger partial charge in [-0.3, -0.25) is 9.88 Å². The minimum Gasteiger partial charge on any atom is -0.492 e. The largest absolute Gasteiger partial charge is 0.492 e. The van der Waals surface area contributed by atoms with E-state index in [0.717, 1.165) is 50.5 Å². The maximum atomic E-state index is 12.6. The molecule has 1 atom stereocenters. The van der Waals surface area contributed by atoms with Gasteiger partial charge >= 0.3 is 6.03 Å². The fraction of sp³-hybridized carbons (Fsp3) is 0.478. The number of aromatic nitrogens is 1. The van der Waals surface area contributed by atoms with Gasteiger partial charge < -0.3 is 15.0 Å². The number of ether oxygens (including phenoxy) is 1. The zero-order valence-corrected chi connectivity index (χ0v) is 16.9. The molecular formula is C23H30N4O2. The molecule has 6 heteroatoms. The van der Waals surface area contributed by atoms with Gasteiger partial charge in [0.25, 0.3) is 0 Å². The van der Waals surface area contributed by atoms with Crippen LogP contribution >= 0.6 is 0 Å². The normalized spacial score (nSPS) is 22.0. The van der Waals surface area contributed by atoms with Crippen molar-refractivity contribution in [3.63, 3.8) is 0 Å². The predicted octanol–water partition coefficient (Wildman–Crippen LogP) is 3.16. The van der Waals surface area contributed by atoms with Gasteiger partial charge in [-0.2, -0.15) is 0 Å². The highest BCUT2D eigenvalue weighted by Crippen LogP contribution is 2.38. The molecule has 0 radical (unpaired) electrons. The van der Waals surface area contributed by atoms with E-state index >= 15 is 0 Å². The van der Waals surface area contributed by atoms with E-state index in [1.54, 1.807) is 12.4 Å². The first-order chi connectivity index (χ1) is 14.2. The molecule has 29 heavy (non-hydrogen) atoms. The predicted molar refractivity (Wildman–Crippen MR) is 113 cm³/mol. The summed E-state index contributed by atoms with van der Waals surface area (Å²) in [5.41, 5.74) is 1.26. The molecule has 1 aromatic carbocycles. The van der Waals surface area contributed by atoms with Crippen LogP contribution in [0.3, 0.4) is 0 Å². The Bertz CT molecular complexity index is 786. The highest BCUT2D eigenvalue weighted by Gasteiger charge is 2.42. The van der Waals surface area contributed by atoms with Crippen LogP contribution in [0.4, 0.5) is 4.79 Å². The number of amides is 2. The van der Waals surface area contributed by atoms with Crippen molar-refractivity contribution in [3.8, 4) is 5.75 Å². The lowest BCUT2D eigenvalue weighted by atomic mass is 9.79. The molecule has 1 aromatic heterocycles. The Labute approximate surface area is 172 Å². The fourth-order valence-electron chi connectivity index (χ4n) is 4.54. The number of hydrogen-bond acceptors (Lipinski definition) is 4. The molecule has 0 aliphatic carbocycles. The van der Waals surface area contributed by atoms with Gasteiger partial charge in [0.05, 0.1) is 0 Å². The minimum absolute atomic E-state index is 0.0373. The van der Waals surface area contributed by atoms with E-state index in [9.17, 15) is 4.79 Å². The summed E-state index contributed by atoms with van der Waals surface area (Å²) in [7, 11) is 0. The lowest BCUT2D eigenvalue weighted by Gasteiger charge is -2.40. The van der Waals surface area contributed by atoms with Crippen molar-refractivity contribution in [2.45, 2.75) is 25.8 Å². The molecule has 0 bridgehead atoms. The maximum absolute atomic E-state index is 12.6. The zero-order chi connectivity index (χ0) is 19.9. The maximum Gasteiger partial charge on any atom is 0.317 e. The molecule has 2 fully saturated rings. The quantitative estimate of drug-likeness (QED) is 0.818. The molecule has 1 N–H and O–H groups in total. The van der Waals surface area contributed by atoms with Crippen LogP contribution < -0.4 is 10.1 Å². The third-order valence-corrected chi connectivity index (χ3v) is 6.05.